The Morgan fingerprint density at radius 3 is 2.37 bits per heavy atom. The van der Waals surface area contributed by atoms with Gasteiger partial charge in [0, 0.05) is 17.0 Å². The van der Waals surface area contributed by atoms with Gasteiger partial charge >= 0.3 is 0 Å². The van der Waals surface area contributed by atoms with Gasteiger partial charge in [0.1, 0.15) is 5.75 Å². The van der Waals surface area contributed by atoms with E-state index < -0.39 is 0 Å². The van der Waals surface area contributed by atoms with Crippen molar-refractivity contribution in [1.29, 1.82) is 0 Å². The van der Waals surface area contributed by atoms with E-state index in [1.54, 1.807) is 7.11 Å². The Bertz CT molecular complexity index is 464. The van der Waals surface area contributed by atoms with Crippen LogP contribution in [0.15, 0.2) is 12.1 Å². The molecule has 19 heavy (non-hydrogen) atoms. The van der Waals surface area contributed by atoms with E-state index in [-0.39, 0.29) is 5.41 Å². The highest BCUT2D eigenvalue weighted by Crippen LogP contribution is 2.57. The number of nitrogens with two attached hydrogens (primary N) is 1. The summed E-state index contributed by atoms with van der Waals surface area (Å²) in [5, 5.41) is 0. The molecule has 2 rings (SSSR count). The lowest BCUT2D eigenvalue weighted by atomic mass is 9.86. The van der Waals surface area contributed by atoms with Crippen LogP contribution in [0.3, 0.4) is 0 Å². The van der Waals surface area contributed by atoms with Crippen molar-refractivity contribution in [3.8, 4) is 5.75 Å². The molecule has 3 heteroatoms. The third kappa shape index (κ3) is 2.49. The van der Waals surface area contributed by atoms with Crippen LogP contribution in [-0.4, -0.2) is 32.6 Å². The molecule has 0 heterocycles. The monoisotopic (exact) mass is 262 g/mol. The highest BCUT2D eigenvalue weighted by Gasteiger charge is 2.50. The molecule has 1 fully saturated rings. The Hall–Kier alpha value is -1.06. The molecule has 2 N–H and O–H groups in total. The minimum absolute atomic E-state index is 0.233. The van der Waals surface area contributed by atoms with Crippen LogP contribution in [0.2, 0.25) is 0 Å². The zero-order chi connectivity index (χ0) is 14.2. The van der Waals surface area contributed by atoms with E-state index in [1.165, 1.54) is 29.5 Å². The van der Waals surface area contributed by atoms with Gasteiger partial charge in [-0.2, -0.15) is 0 Å². The standard InChI is InChI=1S/C16H26N2O/c1-11-8-12(2)14(19-5)13(9-11)15(18(3)4)16(10-17)6-7-16/h8-9,15H,6-7,10,17H2,1-5H3. The van der Waals surface area contributed by atoms with Gasteiger partial charge in [0.15, 0.2) is 0 Å². The average Bonchev–Trinajstić information content (AvgIpc) is 3.09. The van der Waals surface area contributed by atoms with Crippen molar-refractivity contribution in [3.05, 3.63) is 28.8 Å². The Balaban J connectivity index is 2.54. The molecule has 1 saturated carbocycles. The topological polar surface area (TPSA) is 38.5 Å². The van der Waals surface area contributed by atoms with Crippen LogP contribution in [0, 0.1) is 19.3 Å². The Morgan fingerprint density at radius 1 is 1.32 bits per heavy atom. The molecule has 0 aliphatic heterocycles. The second-order valence-corrected chi connectivity index (χ2v) is 6.14. The van der Waals surface area contributed by atoms with Gasteiger partial charge in [-0.05, 0) is 52.9 Å². The lowest BCUT2D eigenvalue weighted by Gasteiger charge is -2.34. The van der Waals surface area contributed by atoms with Crippen LogP contribution in [0.5, 0.6) is 5.75 Å². The summed E-state index contributed by atoms with van der Waals surface area (Å²) in [5.41, 5.74) is 10.1. The summed E-state index contributed by atoms with van der Waals surface area (Å²) in [7, 11) is 6.03. The number of hydrogen-bond acceptors (Lipinski definition) is 3. The molecule has 1 unspecified atom stereocenters. The van der Waals surface area contributed by atoms with Gasteiger partial charge in [0.2, 0.25) is 0 Å². The molecule has 3 nitrogen and oxygen atoms in total. The maximum atomic E-state index is 6.04. The minimum atomic E-state index is 0.233. The van der Waals surface area contributed by atoms with Crippen molar-refractivity contribution < 1.29 is 4.74 Å². The van der Waals surface area contributed by atoms with Crippen LogP contribution in [0.25, 0.3) is 0 Å². The summed E-state index contributed by atoms with van der Waals surface area (Å²) in [4.78, 5) is 2.29. The molecule has 106 valence electrons. The number of ether oxygens (including phenoxy) is 1. The Morgan fingerprint density at radius 2 is 1.95 bits per heavy atom. The number of methoxy groups -OCH3 is 1. The predicted octanol–water partition coefficient (Wildman–Crippen LogP) is 2.65. The smallest absolute Gasteiger partial charge is 0.126 e. The quantitative estimate of drug-likeness (QED) is 0.886. The first kappa shape index (κ1) is 14.4. The number of nitrogens with zero attached hydrogens (tertiary/aromatic N) is 1. The third-order valence-electron chi connectivity index (χ3n) is 4.34. The Kier molecular flexibility index (Phi) is 3.88. The fourth-order valence-corrected chi connectivity index (χ4v) is 3.37. The molecule has 0 radical (unpaired) electrons. The fourth-order valence-electron chi connectivity index (χ4n) is 3.37. The summed E-state index contributed by atoms with van der Waals surface area (Å²) in [6.45, 7) is 5.00. The van der Waals surface area contributed by atoms with Crippen LogP contribution in [0.4, 0.5) is 0 Å². The maximum absolute atomic E-state index is 6.04. The molecule has 0 spiro atoms. The van der Waals surface area contributed by atoms with Crippen molar-refractivity contribution >= 4 is 0 Å². The zero-order valence-electron chi connectivity index (χ0n) is 12.8. The second-order valence-electron chi connectivity index (χ2n) is 6.14. The van der Waals surface area contributed by atoms with Gasteiger partial charge in [0.25, 0.3) is 0 Å². The predicted molar refractivity (Wildman–Crippen MR) is 79.6 cm³/mol. The number of aryl methyl sites for hydroxylation is 2. The lowest BCUT2D eigenvalue weighted by Crippen LogP contribution is -2.34. The first-order valence-electron chi connectivity index (χ1n) is 6.97. The van der Waals surface area contributed by atoms with E-state index >= 15 is 0 Å². The van der Waals surface area contributed by atoms with E-state index in [0.29, 0.717) is 6.04 Å². The van der Waals surface area contributed by atoms with Gasteiger partial charge in [-0.15, -0.1) is 0 Å². The van der Waals surface area contributed by atoms with Crippen LogP contribution in [-0.2, 0) is 0 Å². The van der Waals surface area contributed by atoms with Gasteiger partial charge < -0.3 is 15.4 Å². The summed E-state index contributed by atoms with van der Waals surface area (Å²) in [6, 6.07) is 4.77. The van der Waals surface area contributed by atoms with Crippen LogP contribution < -0.4 is 10.5 Å². The number of rotatable bonds is 5. The third-order valence-corrected chi connectivity index (χ3v) is 4.34. The van der Waals surface area contributed by atoms with Gasteiger partial charge in [-0.3, -0.25) is 0 Å². The summed E-state index contributed by atoms with van der Waals surface area (Å²) < 4.78 is 5.66. The van der Waals surface area contributed by atoms with E-state index in [1.807, 2.05) is 0 Å². The van der Waals surface area contributed by atoms with Gasteiger partial charge in [-0.25, -0.2) is 0 Å². The SMILES string of the molecule is COc1c(C)cc(C)cc1C(N(C)C)C1(CN)CC1. The summed E-state index contributed by atoms with van der Waals surface area (Å²) in [5.74, 6) is 1.02. The van der Waals surface area contributed by atoms with Crippen molar-refractivity contribution in [2.45, 2.75) is 32.7 Å². The normalized spacial score (nSPS) is 18.5. The molecule has 1 aromatic carbocycles. The second kappa shape index (κ2) is 5.14. The average molecular weight is 262 g/mol. The van der Waals surface area contributed by atoms with E-state index in [9.17, 15) is 0 Å². The van der Waals surface area contributed by atoms with E-state index in [0.717, 1.165) is 12.3 Å². The van der Waals surface area contributed by atoms with Crippen molar-refractivity contribution in [2.24, 2.45) is 11.1 Å². The van der Waals surface area contributed by atoms with Crippen molar-refractivity contribution in [2.75, 3.05) is 27.7 Å². The molecule has 1 aliphatic carbocycles. The number of benzene rings is 1. The molecule has 0 bridgehead atoms. The molecule has 1 atom stereocenters. The molecular formula is C16H26N2O. The van der Waals surface area contributed by atoms with Crippen molar-refractivity contribution in [1.82, 2.24) is 4.90 Å². The van der Waals surface area contributed by atoms with Gasteiger partial charge in [0.05, 0.1) is 7.11 Å². The largest absolute Gasteiger partial charge is 0.496 e. The highest BCUT2D eigenvalue weighted by atomic mass is 16.5. The van der Waals surface area contributed by atoms with E-state index in [4.69, 9.17) is 10.5 Å². The summed E-state index contributed by atoms with van der Waals surface area (Å²) >= 11 is 0. The number of hydrogen-bond donors (Lipinski definition) is 1. The molecule has 0 amide bonds. The van der Waals surface area contributed by atoms with Crippen LogP contribution >= 0.6 is 0 Å². The molecule has 0 aromatic heterocycles. The summed E-state index contributed by atoms with van der Waals surface area (Å²) in [6.07, 6.45) is 2.42. The first-order valence-corrected chi connectivity index (χ1v) is 6.97. The highest BCUT2D eigenvalue weighted by molar-refractivity contribution is 5.47. The molecule has 1 aromatic rings. The Labute approximate surface area is 116 Å². The minimum Gasteiger partial charge on any atom is -0.496 e. The van der Waals surface area contributed by atoms with Crippen molar-refractivity contribution in [3.63, 3.8) is 0 Å². The maximum Gasteiger partial charge on any atom is 0.126 e. The lowest BCUT2D eigenvalue weighted by molar-refractivity contribution is 0.193. The molecule has 1 aliphatic rings. The van der Waals surface area contributed by atoms with E-state index in [2.05, 4.69) is 45.0 Å². The van der Waals surface area contributed by atoms with Gasteiger partial charge in [-0.1, -0.05) is 17.7 Å². The first-order chi connectivity index (χ1) is 8.95. The zero-order valence-corrected chi connectivity index (χ0v) is 12.8. The molecular weight excluding hydrogens is 236 g/mol. The molecule has 0 saturated heterocycles. The van der Waals surface area contributed by atoms with Crippen LogP contribution in [0.1, 0.15) is 35.6 Å². The fraction of sp³-hybridized carbons (Fsp3) is 0.625.